The molecule has 0 aromatic heterocycles. The van der Waals surface area contributed by atoms with Crippen molar-refractivity contribution in [3.8, 4) is 0 Å². The third kappa shape index (κ3) is 3.97. The molecule has 2 unspecified atom stereocenters. The molecule has 0 spiro atoms. The van der Waals surface area contributed by atoms with Crippen LogP contribution in [0, 0.1) is 0 Å². The lowest BCUT2D eigenvalue weighted by Gasteiger charge is -2.24. The van der Waals surface area contributed by atoms with E-state index < -0.39 is 0 Å². The van der Waals surface area contributed by atoms with Crippen molar-refractivity contribution in [3.05, 3.63) is 0 Å². The van der Waals surface area contributed by atoms with Crippen molar-refractivity contribution in [2.24, 2.45) is 0 Å². The predicted octanol–water partition coefficient (Wildman–Crippen LogP) is 2.72. The summed E-state index contributed by atoms with van der Waals surface area (Å²) in [5.74, 6) is 0. The number of nitrogens with one attached hydrogen (secondary N) is 1. The molecule has 0 radical (unpaired) electrons. The Balaban J connectivity index is 2.28. The molecule has 0 amide bonds. The Bertz CT molecular complexity index is 138. The molecule has 1 fully saturated rings. The zero-order chi connectivity index (χ0) is 10.2. The van der Waals surface area contributed by atoms with Gasteiger partial charge in [-0.2, -0.15) is 0 Å². The molecule has 1 saturated carbocycles. The lowest BCUT2D eigenvalue weighted by Crippen LogP contribution is -2.38. The van der Waals surface area contributed by atoms with E-state index in [9.17, 15) is 0 Å². The van der Waals surface area contributed by atoms with Crippen LogP contribution in [0.25, 0.3) is 0 Å². The predicted molar refractivity (Wildman–Crippen MR) is 60.6 cm³/mol. The largest absolute Gasteiger partial charge is 0.377 e. The molecule has 2 nitrogen and oxygen atoms in total. The summed E-state index contributed by atoms with van der Waals surface area (Å²) in [4.78, 5) is 0. The maximum absolute atomic E-state index is 5.94. The van der Waals surface area contributed by atoms with Crippen molar-refractivity contribution in [2.45, 2.75) is 64.0 Å². The standard InChI is InChI=1S/C12H25NO/c1-3-4-10-14-12-9-7-5-6-8-11(12)13-2/h11-13H,3-10H2,1-2H3. The molecule has 84 valence electrons. The number of hydrogen-bond acceptors (Lipinski definition) is 2. The minimum absolute atomic E-state index is 0.467. The smallest absolute Gasteiger partial charge is 0.0727 e. The molecule has 0 saturated heterocycles. The summed E-state index contributed by atoms with van der Waals surface area (Å²) in [6.45, 7) is 3.16. The molecular weight excluding hydrogens is 174 g/mol. The Morgan fingerprint density at radius 1 is 1.21 bits per heavy atom. The molecule has 0 aliphatic heterocycles. The van der Waals surface area contributed by atoms with Crippen LogP contribution in [0.2, 0.25) is 0 Å². The summed E-state index contributed by atoms with van der Waals surface area (Å²) in [5.41, 5.74) is 0. The Kier molecular flexibility index (Phi) is 6.20. The molecule has 1 rings (SSSR count). The molecule has 1 N–H and O–H groups in total. The molecule has 0 aromatic carbocycles. The molecule has 1 aliphatic carbocycles. The van der Waals surface area contributed by atoms with E-state index in [1.165, 1.54) is 44.9 Å². The Labute approximate surface area is 88.4 Å². The highest BCUT2D eigenvalue weighted by atomic mass is 16.5. The number of rotatable bonds is 5. The Hall–Kier alpha value is -0.0800. The minimum Gasteiger partial charge on any atom is -0.377 e. The Morgan fingerprint density at radius 3 is 2.71 bits per heavy atom. The van der Waals surface area contributed by atoms with Gasteiger partial charge in [-0.15, -0.1) is 0 Å². The number of hydrogen-bond donors (Lipinski definition) is 1. The minimum atomic E-state index is 0.467. The van der Waals surface area contributed by atoms with Crippen LogP contribution in [-0.2, 0) is 4.74 Å². The van der Waals surface area contributed by atoms with E-state index in [-0.39, 0.29) is 0 Å². The van der Waals surface area contributed by atoms with E-state index in [0.717, 1.165) is 6.61 Å². The van der Waals surface area contributed by atoms with Gasteiger partial charge in [0.1, 0.15) is 0 Å². The van der Waals surface area contributed by atoms with Crippen LogP contribution >= 0.6 is 0 Å². The lowest BCUT2D eigenvalue weighted by atomic mass is 10.1. The second kappa shape index (κ2) is 7.24. The summed E-state index contributed by atoms with van der Waals surface area (Å²) >= 11 is 0. The fraction of sp³-hybridized carbons (Fsp3) is 1.00. The third-order valence-corrected chi connectivity index (χ3v) is 3.15. The molecule has 0 heterocycles. The van der Waals surface area contributed by atoms with Crippen molar-refractivity contribution < 1.29 is 4.74 Å². The molecule has 2 atom stereocenters. The van der Waals surface area contributed by atoms with Crippen molar-refractivity contribution >= 4 is 0 Å². The van der Waals surface area contributed by atoms with Crippen molar-refractivity contribution in [3.63, 3.8) is 0 Å². The van der Waals surface area contributed by atoms with Gasteiger partial charge < -0.3 is 10.1 Å². The third-order valence-electron chi connectivity index (χ3n) is 3.15. The van der Waals surface area contributed by atoms with Gasteiger partial charge in [0, 0.05) is 12.6 Å². The van der Waals surface area contributed by atoms with Crippen LogP contribution in [0.15, 0.2) is 0 Å². The second-order valence-corrected chi connectivity index (χ2v) is 4.30. The van der Waals surface area contributed by atoms with E-state index >= 15 is 0 Å². The first-order valence-electron chi connectivity index (χ1n) is 6.17. The van der Waals surface area contributed by atoms with Gasteiger partial charge in [-0.05, 0) is 26.3 Å². The van der Waals surface area contributed by atoms with Crippen LogP contribution < -0.4 is 5.32 Å². The number of ether oxygens (including phenoxy) is 1. The van der Waals surface area contributed by atoms with E-state index in [4.69, 9.17) is 4.74 Å². The van der Waals surface area contributed by atoms with Gasteiger partial charge >= 0.3 is 0 Å². The molecular formula is C12H25NO. The highest BCUT2D eigenvalue weighted by Gasteiger charge is 2.22. The van der Waals surface area contributed by atoms with Crippen LogP contribution in [0.4, 0.5) is 0 Å². The van der Waals surface area contributed by atoms with Crippen LogP contribution in [0.1, 0.15) is 51.9 Å². The van der Waals surface area contributed by atoms with Gasteiger partial charge in [0.05, 0.1) is 6.10 Å². The van der Waals surface area contributed by atoms with Gasteiger partial charge in [-0.1, -0.05) is 32.6 Å². The first-order valence-corrected chi connectivity index (χ1v) is 6.17. The second-order valence-electron chi connectivity index (χ2n) is 4.30. The topological polar surface area (TPSA) is 21.3 Å². The number of unbranched alkanes of at least 4 members (excludes halogenated alkanes) is 1. The maximum Gasteiger partial charge on any atom is 0.0727 e. The molecule has 14 heavy (non-hydrogen) atoms. The van der Waals surface area contributed by atoms with E-state index in [1.54, 1.807) is 0 Å². The summed E-state index contributed by atoms with van der Waals surface area (Å²) < 4.78 is 5.94. The van der Waals surface area contributed by atoms with Gasteiger partial charge in [0.15, 0.2) is 0 Å². The van der Waals surface area contributed by atoms with Gasteiger partial charge in [-0.3, -0.25) is 0 Å². The van der Waals surface area contributed by atoms with Crippen LogP contribution in [0.3, 0.4) is 0 Å². The maximum atomic E-state index is 5.94. The Morgan fingerprint density at radius 2 is 2.00 bits per heavy atom. The normalized spacial score (nSPS) is 28.7. The monoisotopic (exact) mass is 199 g/mol. The fourth-order valence-corrected chi connectivity index (χ4v) is 2.18. The first kappa shape index (κ1) is 12.0. The van der Waals surface area contributed by atoms with Gasteiger partial charge in [0.2, 0.25) is 0 Å². The average Bonchev–Trinajstić information content (AvgIpc) is 2.43. The summed E-state index contributed by atoms with van der Waals surface area (Å²) in [7, 11) is 2.06. The SMILES string of the molecule is CCCCOC1CCCCCC1NC. The lowest BCUT2D eigenvalue weighted by molar-refractivity contribution is 0.0224. The van der Waals surface area contributed by atoms with E-state index in [1.807, 2.05) is 0 Å². The van der Waals surface area contributed by atoms with Gasteiger partial charge in [0.25, 0.3) is 0 Å². The summed E-state index contributed by atoms with van der Waals surface area (Å²) in [5, 5.41) is 3.40. The van der Waals surface area contributed by atoms with Crippen molar-refractivity contribution in [2.75, 3.05) is 13.7 Å². The molecule has 1 aliphatic rings. The van der Waals surface area contributed by atoms with E-state index in [0.29, 0.717) is 12.1 Å². The quantitative estimate of drug-likeness (QED) is 0.543. The highest BCUT2D eigenvalue weighted by Crippen LogP contribution is 2.20. The molecule has 0 aromatic rings. The first-order chi connectivity index (χ1) is 6.88. The number of likely N-dealkylation sites (N-methyl/N-ethyl adjacent to an activating group) is 1. The van der Waals surface area contributed by atoms with Crippen LogP contribution in [-0.4, -0.2) is 25.8 Å². The van der Waals surface area contributed by atoms with E-state index in [2.05, 4.69) is 19.3 Å². The molecule has 0 bridgehead atoms. The van der Waals surface area contributed by atoms with Crippen molar-refractivity contribution in [1.29, 1.82) is 0 Å². The summed E-state index contributed by atoms with van der Waals surface area (Å²) in [6, 6.07) is 0.592. The zero-order valence-electron chi connectivity index (χ0n) is 9.72. The van der Waals surface area contributed by atoms with Gasteiger partial charge in [-0.25, -0.2) is 0 Å². The van der Waals surface area contributed by atoms with Crippen molar-refractivity contribution in [1.82, 2.24) is 5.32 Å². The molecule has 2 heteroatoms. The fourth-order valence-electron chi connectivity index (χ4n) is 2.18. The average molecular weight is 199 g/mol. The summed E-state index contributed by atoms with van der Waals surface area (Å²) in [6.07, 6.45) is 9.51. The van der Waals surface area contributed by atoms with Crippen LogP contribution in [0.5, 0.6) is 0 Å². The zero-order valence-corrected chi connectivity index (χ0v) is 9.72. The highest BCUT2D eigenvalue weighted by molar-refractivity contribution is 4.78.